The number of hydrogen-bond donors (Lipinski definition) is 2. The van der Waals surface area contributed by atoms with Gasteiger partial charge in [-0.05, 0) is 100 Å². The minimum Gasteiger partial charge on any atom is -0.488 e. The Morgan fingerprint density at radius 2 is 1.55 bits per heavy atom. The molecule has 2 atom stereocenters. The molecule has 5 aliphatic heterocycles. The quantitative estimate of drug-likeness (QED) is 0.225. The summed E-state index contributed by atoms with van der Waals surface area (Å²) in [6.07, 6.45) is 7.60. The molecule has 7 heterocycles. The number of anilines is 2. The molecule has 0 radical (unpaired) electrons. The summed E-state index contributed by atoms with van der Waals surface area (Å²) < 4.78 is 6.23. The Morgan fingerprint density at radius 1 is 0.776 bits per heavy atom. The van der Waals surface area contributed by atoms with Crippen LogP contribution in [0.3, 0.4) is 0 Å². The molecule has 5 fully saturated rings. The van der Waals surface area contributed by atoms with Crippen molar-refractivity contribution in [3.05, 3.63) is 59.9 Å². The topological polar surface area (TPSA) is 160 Å². The number of benzene rings is 2. The van der Waals surface area contributed by atoms with Gasteiger partial charge in [-0.1, -0.05) is 0 Å². The van der Waals surface area contributed by atoms with E-state index in [9.17, 15) is 19.2 Å². The lowest BCUT2D eigenvalue weighted by atomic mass is 9.96. The van der Waals surface area contributed by atoms with E-state index in [0.29, 0.717) is 23.0 Å². The number of hydrogen-bond acceptors (Lipinski definition) is 12. The average Bonchev–Trinajstić information content (AvgIpc) is 3.49. The maximum Gasteiger partial charge on any atom is 0.262 e. The molecule has 0 spiro atoms. The minimum atomic E-state index is -0.956. The Morgan fingerprint density at radius 3 is 2.34 bits per heavy atom. The van der Waals surface area contributed by atoms with Crippen molar-refractivity contribution < 1.29 is 23.9 Å². The van der Waals surface area contributed by atoms with Crippen molar-refractivity contribution in [1.29, 1.82) is 0 Å². The molecule has 2 aromatic heterocycles. The molecule has 0 bridgehead atoms. The predicted octanol–water partition coefficient (Wildman–Crippen LogP) is 3.71. The fourth-order valence-electron chi connectivity index (χ4n) is 9.61. The van der Waals surface area contributed by atoms with Crippen LogP contribution in [0.1, 0.15) is 72.6 Å². The monoisotopic (exact) mass is 786 g/mol. The van der Waals surface area contributed by atoms with Crippen LogP contribution >= 0.6 is 0 Å². The first-order valence-electron chi connectivity index (χ1n) is 21.0. The van der Waals surface area contributed by atoms with Gasteiger partial charge in [0.05, 0.1) is 22.3 Å². The Kier molecular flexibility index (Phi) is 9.39. The van der Waals surface area contributed by atoms with Crippen molar-refractivity contribution in [2.45, 2.75) is 63.5 Å². The van der Waals surface area contributed by atoms with E-state index in [-0.39, 0.29) is 24.3 Å². The highest BCUT2D eigenvalue weighted by Crippen LogP contribution is 2.41. The summed E-state index contributed by atoms with van der Waals surface area (Å²) in [5, 5.41) is 11.1. The summed E-state index contributed by atoms with van der Waals surface area (Å²) in [7, 11) is 0. The van der Waals surface area contributed by atoms with Crippen LogP contribution in [-0.2, 0) is 9.59 Å². The predicted molar refractivity (Wildman–Crippen MR) is 217 cm³/mol. The highest BCUT2D eigenvalue weighted by atomic mass is 16.5. The van der Waals surface area contributed by atoms with E-state index in [1.165, 1.54) is 6.42 Å². The number of H-pyrrole nitrogens is 1. The molecular formula is C43H50N10O5. The summed E-state index contributed by atoms with van der Waals surface area (Å²) in [6, 6.07) is 12.6. The molecule has 1 saturated carbocycles. The number of nitrogens with one attached hydrogen (secondary N) is 2. The number of imide groups is 2. The summed E-state index contributed by atoms with van der Waals surface area (Å²) >= 11 is 0. The SMILES string of the molecule is CC1(Oc2ccc3[nH]nc(-c4cc(N5CCC(CN6CC[C@H](CN7CCN(c8ccc9c(c8)C(=O)N(C8CCC(=O)NC8=O)C9=O)CC7)C6)CC5)ncn4)c3c2)CC1. The molecular weight excluding hydrogens is 737 g/mol. The maximum absolute atomic E-state index is 13.4. The number of ether oxygens (including phenoxy) is 1. The number of nitrogens with zero attached hydrogens (tertiary/aromatic N) is 8. The summed E-state index contributed by atoms with van der Waals surface area (Å²) in [5.41, 5.74) is 4.12. The van der Waals surface area contributed by atoms with Crippen molar-refractivity contribution >= 4 is 46.0 Å². The molecule has 15 nitrogen and oxygen atoms in total. The minimum absolute atomic E-state index is 0.0440. The average molecular weight is 787 g/mol. The first-order chi connectivity index (χ1) is 28.2. The number of rotatable bonds is 10. The van der Waals surface area contributed by atoms with Crippen molar-refractivity contribution in [1.82, 2.24) is 40.2 Å². The van der Waals surface area contributed by atoms with E-state index >= 15 is 0 Å². The Hall–Kier alpha value is -5.41. The van der Waals surface area contributed by atoms with E-state index in [0.717, 1.165) is 136 Å². The van der Waals surface area contributed by atoms with Gasteiger partial charge in [0.15, 0.2) is 0 Å². The van der Waals surface area contributed by atoms with Gasteiger partial charge in [-0.3, -0.25) is 39.4 Å². The second-order valence-corrected chi connectivity index (χ2v) is 17.4. The molecule has 10 rings (SSSR count). The van der Waals surface area contributed by atoms with E-state index < -0.39 is 23.8 Å². The van der Waals surface area contributed by atoms with Crippen LogP contribution < -0.4 is 19.9 Å². The lowest BCUT2D eigenvalue weighted by Gasteiger charge is -2.37. The molecule has 58 heavy (non-hydrogen) atoms. The molecule has 2 aromatic carbocycles. The lowest BCUT2D eigenvalue weighted by Crippen LogP contribution is -2.54. The first kappa shape index (κ1) is 36.9. The van der Waals surface area contributed by atoms with Crippen molar-refractivity contribution in [3.8, 4) is 17.1 Å². The molecule has 4 aromatic rings. The van der Waals surface area contributed by atoms with Gasteiger partial charge >= 0.3 is 0 Å². The zero-order valence-corrected chi connectivity index (χ0v) is 33.0. The number of aromatic amines is 1. The molecule has 6 aliphatic rings. The van der Waals surface area contributed by atoms with Gasteiger partial charge in [0, 0.05) is 82.5 Å². The van der Waals surface area contributed by atoms with Crippen LogP contribution in [0.25, 0.3) is 22.3 Å². The van der Waals surface area contributed by atoms with Crippen LogP contribution in [0.4, 0.5) is 11.5 Å². The van der Waals surface area contributed by atoms with Gasteiger partial charge in [0.25, 0.3) is 11.8 Å². The van der Waals surface area contributed by atoms with E-state index in [2.05, 4.69) is 64.1 Å². The lowest BCUT2D eigenvalue weighted by molar-refractivity contribution is -0.136. The molecule has 1 aliphatic carbocycles. The number of amides is 4. The third-order valence-electron chi connectivity index (χ3n) is 13.3. The van der Waals surface area contributed by atoms with Crippen molar-refractivity contribution in [3.63, 3.8) is 0 Å². The van der Waals surface area contributed by atoms with Gasteiger partial charge < -0.3 is 19.4 Å². The number of carbonyl (C=O) groups is 4. The highest BCUT2D eigenvalue weighted by Gasteiger charge is 2.45. The van der Waals surface area contributed by atoms with Gasteiger partial charge in [0.1, 0.15) is 35.2 Å². The smallest absolute Gasteiger partial charge is 0.262 e. The molecule has 4 saturated heterocycles. The van der Waals surface area contributed by atoms with E-state index in [4.69, 9.17) is 4.74 Å². The fourth-order valence-corrected chi connectivity index (χ4v) is 9.61. The molecule has 15 heteroatoms. The summed E-state index contributed by atoms with van der Waals surface area (Å²) in [5.74, 6) is 1.25. The number of aromatic nitrogens is 4. The second-order valence-electron chi connectivity index (χ2n) is 17.4. The van der Waals surface area contributed by atoms with Crippen molar-refractivity contribution in [2.24, 2.45) is 11.8 Å². The zero-order valence-electron chi connectivity index (χ0n) is 33.0. The summed E-state index contributed by atoms with van der Waals surface area (Å²) in [4.78, 5) is 70.8. The number of piperazine rings is 1. The van der Waals surface area contributed by atoms with E-state index in [1.807, 2.05) is 18.2 Å². The van der Waals surface area contributed by atoms with Gasteiger partial charge in [-0.2, -0.15) is 5.10 Å². The van der Waals surface area contributed by atoms with Gasteiger partial charge in [-0.25, -0.2) is 9.97 Å². The van der Waals surface area contributed by atoms with Gasteiger partial charge in [0.2, 0.25) is 11.8 Å². The molecule has 302 valence electrons. The number of likely N-dealkylation sites (tertiary alicyclic amines) is 1. The zero-order chi connectivity index (χ0) is 39.5. The molecule has 2 N–H and O–H groups in total. The Balaban J connectivity index is 0.682. The fraction of sp³-hybridized carbons (Fsp3) is 0.512. The van der Waals surface area contributed by atoms with Crippen LogP contribution in [0.5, 0.6) is 5.75 Å². The maximum atomic E-state index is 13.4. The van der Waals surface area contributed by atoms with Crippen LogP contribution in [-0.4, -0.2) is 136 Å². The molecule has 4 amide bonds. The van der Waals surface area contributed by atoms with Gasteiger partial charge in [-0.15, -0.1) is 0 Å². The summed E-state index contributed by atoms with van der Waals surface area (Å²) in [6.45, 7) is 12.2. The Bertz CT molecular complexity index is 2270. The second kappa shape index (κ2) is 14.8. The largest absolute Gasteiger partial charge is 0.488 e. The standard InChI is InChI=1S/C43H50N10O5/c1-43(11-12-43)58-30-3-5-34-33(21-30)39(48-47-34)35-22-37(45-26-44-35)52-14-9-27(10-15-52)23-50-13-8-28(25-50)24-49-16-18-51(19-17-49)29-2-4-31-32(20-29)42(57)53(41(31)56)36-6-7-38(54)46-40(36)55/h2-5,20-22,26-28,36H,6-19,23-25H2,1H3,(H,47,48)(H,46,54,55)/t28-,36?/m1/s1. The number of carbonyl (C=O) groups excluding carboxylic acids is 4. The van der Waals surface area contributed by atoms with Crippen LogP contribution in [0.15, 0.2) is 48.8 Å². The number of piperidine rings is 2. The third kappa shape index (κ3) is 7.18. The van der Waals surface area contributed by atoms with Crippen LogP contribution in [0.2, 0.25) is 0 Å². The third-order valence-corrected chi connectivity index (χ3v) is 13.3. The highest BCUT2D eigenvalue weighted by molar-refractivity contribution is 6.23. The molecule has 1 unspecified atom stereocenters. The first-order valence-corrected chi connectivity index (χ1v) is 21.0. The van der Waals surface area contributed by atoms with Crippen molar-refractivity contribution in [2.75, 3.05) is 75.2 Å². The normalized spacial score (nSPS) is 24.2. The number of fused-ring (bicyclic) bond motifs is 2. The van der Waals surface area contributed by atoms with Crippen LogP contribution in [0, 0.1) is 11.8 Å². The van der Waals surface area contributed by atoms with E-state index in [1.54, 1.807) is 18.5 Å². The Labute approximate surface area is 337 Å².